The lowest BCUT2D eigenvalue weighted by molar-refractivity contribution is -0.128. The molecule has 3 heterocycles. The highest BCUT2D eigenvalue weighted by Gasteiger charge is 2.35. The van der Waals surface area contributed by atoms with Gasteiger partial charge in [-0.15, -0.1) is 0 Å². The molecule has 7 heteroatoms. The predicted octanol–water partition coefficient (Wildman–Crippen LogP) is 3.23. The molecule has 138 valence electrons. The summed E-state index contributed by atoms with van der Waals surface area (Å²) >= 11 is 0. The van der Waals surface area contributed by atoms with Crippen LogP contribution in [0.25, 0.3) is 11.3 Å². The first-order valence-electron chi connectivity index (χ1n) is 8.73. The number of carbonyl (C=O) groups is 2. The van der Waals surface area contributed by atoms with Gasteiger partial charge in [0, 0.05) is 24.6 Å². The maximum absolute atomic E-state index is 12.5. The summed E-state index contributed by atoms with van der Waals surface area (Å²) in [5.74, 6) is 0.219. The summed E-state index contributed by atoms with van der Waals surface area (Å²) in [7, 11) is 0. The van der Waals surface area contributed by atoms with Crippen LogP contribution >= 0.6 is 0 Å². The summed E-state index contributed by atoms with van der Waals surface area (Å²) in [6.45, 7) is 2.73. The molecular formula is C20H19N3O4. The second-order valence-electron chi connectivity index (χ2n) is 6.69. The number of furan rings is 1. The van der Waals surface area contributed by atoms with Gasteiger partial charge in [-0.2, -0.15) is 0 Å². The van der Waals surface area contributed by atoms with E-state index in [0.717, 1.165) is 11.1 Å². The Kier molecular flexibility index (Phi) is 4.50. The van der Waals surface area contributed by atoms with Crippen LogP contribution in [0.1, 0.15) is 17.7 Å². The number of anilines is 1. The molecule has 0 aliphatic carbocycles. The maximum atomic E-state index is 12.5. The van der Waals surface area contributed by atoms with E-state index in [1.165, 1.54) is 0 Å². The first kappa shape index (κ1) is 17.1. The highest BCUT2D eigenvalue weighted by Crippen LogP contribution is 2.25. The SMILES string of the molecule is Cc1ccc(-c2cc(NC(=O)C3CC(=O)N(Cc4ccco4)C3)on2)cc1. The normalized spacial score (nSPS) is 16.7. The maximum Gasteiger partial charge on any atom is 0.232 e. The van der Waals surface area contributed by atoms with E-state index >= 15 is 0 Å². The lowest BCUT2D eigenvalue weighted by atomic mass is 10.1. The molecule has 1 atom stereocenters. The lowest BCUT2D eigenvalue weighted by Gasteiger charge is -2.14. The average Bonchev–Trinajstić information content (AvgIpc) is 3.39. The number of likely N-dealkylation sites (tertiary alicyclic amines) is 1. The fourth-order valence-electron chi connectivity index (χ4n) is 3.11. The number of nitrogens with one attached hydrogen (secondary N) is 1. The zero-order valence-corrected chi connectivity index (χ0v) is 14.8. The van der Waals surface area contributed by atoms with E-state index in [4.69, 9.17) is 8.94 Å². The van der Waals surface area contributed by atoms with Crippen molar-refractivity contribution in [2.75, 3.05) is 11.9 Å². The zero-order valence-electron chi connectivity index (χ0n) is 14.8. The van der Waals surface area contributed by atoms with Crippen molar-refractivity contribution >= 4 is 17.7 Å². The van der Waals surface area contributed by atoms with Gasteiger partial charge in [0.25, 0.3) is 0 Å². The van der Waals surface area contributed by atoms with Crippen LogP contribution in [0, 0.1) is 12.8 Å². The second kappa shape index (κ2) is 7.11. The standard InChI is InChI=1S/C20H19N3O4/c1-13-4-6-14(7-5-13)17-10-18(27-22-17)21-20(25)15-9-19(24)23(11-15)12-16-3-2-8-26-16/h2-8,10,15H,9,11-12H2,1H3,(H,21,25). The van der Waals surface area contributed by atoms with Gasteiger partial charge in [0.15, 0.2) is 0 Å². The van der Waals surface area contributed by atoms with Crippen molar-refractivity contribution in [3.63, 3.8) is 0 Å². The Morgan fingerprint density at radius 3 is 2.85 bits per heavy atom. The molecular weight excluding hydrogens is 346 g/mol. The smallest absolute Gasteiger partial charge is 0.232 e. The number of aromatic nitrogens is 1. The Bertz CT molecular complexity index is 944. The second-order valence-corrected chi connectivity index (χ2v) is 6.69. The summed E-state index contributed by atoms with van der Waals surface area (Å²) in [6.07, 6.45) is 1.74. The van der Waals surface area contributed by atoms with Crippen LogP contribution in [0.5, 0.6) is 0 Å². The number of hydrogen-bond donors (Lipinski definition) is 1. The summed E-state index contributed by atoms with van der Waals surface area (Å²) in [5.41, 5.74) is 2.71. The van der Waals surface area contributed by atoms with E-state index in [9.17, 15) is 9.59 Å². The molecule has 1 aromatic carbocycles. The van der Waals surface area contributed by atoms with Crippen molar-refractivity contribution in [2.45, 2.75) is 19.9 Å². The summed E-state index contributed by atoms with van der Waals surface area (Å²) in [4.78, 5) is 26.3. The Labute approximate surface area is 155 Å². The molecule has 2 aromatic heterocycles. The van der Waals surface area contributed by atoms with Crippen LogP contribution < -0.4 is 5.32 Å². The number of aryl methyl sites for hydroxylation is 1. The third-order valence-electron chi connectivity index (χ3n) is 4.62. The van der Waals surface area contributed by atoms with Crippen molar-refractivity contribution in [3.8, 4) is 11.3 Å². The third-order valence-corrected chi connectivity index (χ3v) is 4.62. The quantitative estimate of drug-likeness (QED) is 0.750. The van der Waals surface area contributed by atoms with Gasteiger partial charge in [-0.05, 0) is 19.1 Å². The van der Waals surface area contributed by atoms with Crippen LogP contribution in [0.4, 0.5) is 5.88 Å². The molecule has 1 aliphatic rings. The molecule has 4 rings (SSSR count). The molecule has 1 N–H and O–H groups in total. The zero-order chi connectivity index (χ0) is 18.8. The minimum absolute atomic E-state index is 0.0653. The van der Waals surface area contributed by atoms with Crippen LogP contribution in [-0.4, -0.2) is 28.4 Å². The molecule has 0 bridgehead atoms. The van der Waals surface area contributed by atoms with E-state index in [0.29, 0.717) is 24.5 Å². The van der Waals surface area contributed by atoms with E-state index in [2.05, 4.69) is 10.5 Å². The van der Waals surface area contributed by atoms with Gasteiger partial charge < -0.3 is 13.8 Å². The Morgan fingerprint density at radius 1 is 1.30 bits per heavy atom. The lowest BCUT2D eigenvalue weighted by Crippen LogP contribution is -2.27. The Balaban J connectivity index is 1.38. The van der Waals surface area contributed by atoms with Gasteiger partial charge in [0.2, 0.25) is 17.7 Å². The van der Waals surface area contributed by atoms with Crippen LogP contribution in [0.3, 0.4) is 0 Å². The van der Waals surface area contributed by atoms with Gasteiger partial charge in [-0.25, -0.2) is 0 Å². The number of hydrogen-bond acceptors (Lipinski definition) is 5. The molecule has 2 amide bonds. The van der Waals surface area contributed by atoms with Gasteiger partial charge in [0.1, 0.15) is 11.5 Å². The van der Waals surface area contributed by atoms with Crippen LogP contribution in [0.2, 0.25) is 0 Å². The van der Waals surface area contributed by atoms with Crippen molar-refractivity contribution in [1.82, 2.24) is 10.1 Å². The van der Waals surface area contributed by atoms with Crippen LogP contribution in [-0.2, 0) is 16.1 Å². The molecule has 7 nitrogen and oxygen atoms in total. The molecule has 0 saturated carbocycles. The first-order valence-corrected chi connectivity index (χ1v) is 8.73. The molecule has 1 saturated heterocycles. The van der Waals surface area contributed by atoms with Crippen LogP contribution in [0.15, 0.2) is 57.7 Å². The number of amides is 2. The van der Waals surface area contributed by atoms with E-state index in [1.54, 1.807) is 23.3 Å². The number of benzene rings is 1. The van der Waals surface area contributed by atoms with Gasteiger partial charge in [-0.1, -0.05) is 35.0 Å². The predicted molar refractivity (Wildman–Crippen MR) is 97.5 cm³/mol. The average molecular weight is 365 g/mol. The van der Waals surface area contributed by atoms with Gasteiger partial charge in [0.05, 0.1) is 18.7 Å². The Hall–Kier alpha value is -3.35. The minimum Gasteiger partial charge on any atom is -0.467 e. The van der Waals surface area contributed by atoms with E-state index in [1.807, 2.05) is 37.3 Å². The number of nitrogens with zero attached hydrogens (tertiary/aromatic N) is 2. The van der Waals surface area contributed by atoms with Crippen molar-refractivity contribution in [1.29, 1.82) is 0 Å². The summed E-state index contributed by atoms with van der Waals surface area (Å²) < 4.78 is 10.5. The monoisotopic (exact) mass is 365 g/mol. The molecule has 27 heavy (non-hydrogen) atoms. The van der Waals surface area contributed by atoms with Crippen molar-refractivity contribution < 1.29 is 18.5 Å². The van der Waals surface area contributed by atoms with Gasteiger partial charge >= 0.3 is 0 Å². The molecule has 0 spiro atoms. The molecule has 0 radical (unpaired) electrons. The largest absolute Gasteiger partial charge is 0.467 e. The number of carbonyl (C=O) groups excluding carboxylic acids is 2. The fourth-order valence-corrected chi connectivity index (χ4v) is 3.11. The van der Waals surface area contributed by atoms with Gasteiger partial charge in [-0.3, -0.25) is 14.9 Å². The molecule has 1 unspecified atom stereocenters. The highest BCUT2D eigenvalue weighted by molar-refractivity contribution is 5.96. The minimum atomic E-state index is -0.430. The number of rotatable bonds is 5. The first-order chi connectivity index (χ1) is 13.1. The summed E-state index contributed by atoms with van der Waals surface area (Å²) in [6, 6.07) is 13.1. The topological polar surface area (TPSA) is 88.6 Å². The van der Waals surface area contributed by atoms with E-state index < -0.39 is 5.92 Å². The summed E-state index contributed by atoms with van der Waals surface area (Å²) in [5, 5.41) is 6.71. The van der Waals surface area contributed by atoms with E-state index in [-0.39, 0.29) is 24.1 Å². The fraction of sp³-hybridized carbons (Fsp3) is 0.250. The molecule has 1 fully saturated rings. The molecule has 3 aromatic rings. The molecule has 1 aliphatic heterocycles. The highest BCUT2D eigenvalue weighted by atomic mass is 16.5. The van der Waals surface area contributed by atoms with Crippen molar-refractivity contribution in [3.05, 3.63) is 60.1 Å². The third kappa shape index (κ3) is 3.76. The Morgan fingerprint density at radius 2 is 2.11 bits per heavy atom. The van der Waals surface area contributed by atoms with Crippen molar-refractivity contribution in [2.24, 2.45) is 5.92 Å².